The molecule has 1 heterocycles. The van der Waals surface area contributed by atoms with E-state index in [0.29, 0.717) is 22.5 Å². The summed E-state index contributed by atoms with van der Waals surface area (Å²) in [6, 6.07) is 12.4. The van der Waals surface area contributed by atoms with Crippen LogP contribution in [0.4, 0.5) is 11.4 Å². The molecule has 3 rings (SSSR count). The molecule has 0 saturated heterocycles. The number of anilines is 2. The summed E-state index contributed by atoms with van der Waals surface area (Å²) in [4.78, 5) is 36.4. The first kappa shape index (κ1) is 17.2. The van der Waals surface area contributed by atoms with Crippen LogP contribution in [0.3, 0.4) is 0 Å². The molecule has 1 amide bonds. The Hall–Kier alpha value is -3.61. The number of ketones is 1. The minimum Gasteiger partial charge on any atom is -0.497 e. The number of amides is 1. The summed E-state index contributed by atoms with van der Waals surface area (Å²) in [5.74, 6) is -0.484. The van der Waals surface area contributed by atoms with Crippen LogP contribution in [0.25, 0.3) is 11.0 Å². The lowest BCUT2D eigenvalue weighted by Gasteiger charge is -2.07. The Labute approximate surface area is 148 Å². The molecule has 0 saturated carbocycles. The first-order valence-electron chi connectivity index (χ1n) is 7.77. The highest BCUT2D eigenvalue weighted by Crippen LogP contribution is 2.23. The van der Waals surface area contributed by atoms with Crippen LogP contribution < -0.4 is 21.4 Å². The Morgan fingerprint density at radius 1 is 1.12 bits per heavy atom. The topological polar surface area (TPSA) is 112 Å². The summed E-state index contributed by atoms with van der Waals surface area (Å²) in [7, 11) is 1.48. The van der Waals surface area contributed by atoms with E-state index in [1.54, 1.807) is 36.4 Å². The average molecular weight is 352 g/mol. The van der Waals surface area contributed by atoms with Crippen LogP contribution in [-0.2, 0) is 4.79 Å². The predicted octanol–water partition coefficient (Wildman–Crippen LogP) is 2.60. The zero-order valence-electron chi connectivity index (χ0n) is 13.9. The predicted molar refractivity (Wildman–Crippen MR) is 97.5 cm³/mol. The molecule has 3 aromatic rings. The third-order valence-electron chi connectivity index (χ3n) is 3.77. The number of ether oxygens (including phenoxy) is 1. The Morgan fingerprint density at radius 3 is 2.54 bits per heavy atom. The lowest BCUT2D eigenvalue weighted by molar-refractivity contribution is -0.115. The smallest absolute Gasteiger partial charge is 0.336 e. The molecule has 0 fully saturated rings. The first-order chi connectivity index (χ1) is 12.5. The molecule has 0 aliphatic rings. The average Bonchev–Trinajstić information content (AvgIpc) is 2.62. The molecule has 0 aliphatic heterocycles. The number of rotatable bonds is 5. The van der Waals surface area contributed by atoms with Crippen LogP contribution in [0.2, 0.25) is 0 Å². The largest absolute Gasteiger partial charge is 0.497 e. The highest BCUT2D eigenvalue weighted by atomic mass is 16.5. The number of Topliss-reactive ketones (excluding diaryl/α,β-unsaturated/α-hetero) is 1. The molecule has 2 aromatic carbocycles. The summed E-state index contributed by atoms with van der Waals surface area (Å²) in [6.45, 7) is 0. The maximum atomic E-state index is 12.5. The molecule has 3 N–H and O–H groups in total. The molecule has 0 unspecified atom stereocenters. The molecule has 7 nitrogen and oxygen atoms in total. The SMILES string of the molecule is COc1ccc2c(C(=O)CC(=O)Nc3ccc(N)cc3)cc(=O)oc2c1. The monoisotopic (exact) mass is 352 g/mol. The second-order valence-corrected chi connectivity index (χ2v) is 5.61. The van der Waals surface area contributed by atoms with Crippen LogP contribution >= 0.6 is 0 Å². The zero-order valence-corrected chi connectivity index (χ0v) is 13.9. The maximum Gasteiger partial charge on any atom is 0.336 e. The van der Waals surface area contributed by atoms with Gasteiger partial charge in [0.2, 0.25) is 5.91 Å². The fraction of sp³-hybridized carbons (Fsp3) is 0.105. The number of carbonyl (C=O) groups is 2. The van der Waals surface area contributed by atoms with Gasteiger partial charge in [0.05, 0.1) is 13.5 Å². The van der Waals surface area contributed by atoms with Crippen molar-refractivity contribution in [3.05, 3.63) is 64.5 Å². The summed E-state index contributed by atoms with van der Waals surface area (Å²) in [5, 5.41) is 3.05. The molecule has 0 bridgehead atoms. The third-order valence-corrected chi connectivity index (χ3v) is 3.77. The zero-order chi connectivity index (χ0) is 18.7. The number of methoxy groups -OCH3 is 1. The quantitative estimate of drug-likeness (QED) is 0.316. The van der Waals surface area contributed by atoms with Gasteiger partial charge in [0.1, 0.15) is 11.3 Å². The Kier molecular flexibility index (Phi) is 4.70. The van der Waals surface area contributed by atoms with Gasteiger partial charge in [-0.2, -0.15) is 0 Å². The van der Waals surface area contributed by atoms with Crippen LogP contribution in [0.15, 0.2) is 57.7 Å². The van der Waals surface area contributed by atoms with Gasteiger partial charge in [-0.15, -0.1) is 0 Å². The van der Waals surface area contributed by atoms with Crippen LogP contribution in [0.1, 0.15) is 16.8 Å². The molecule has 7 heteroatoms. The fourth-order valence-corrected chi connectivity index (χ4v) is 2.51. The standard InChI is InChI=1S/C19H16N2O5/c1-25-13-6-7-14-15(9-19(24)26-17(14)8-13)16(22)10-18(23)21-12-4-2-11(20)3-5-12/h2-9H,10,20H2,1H3,(H,21,23). The summed E-state index contributed by atoms with van der Waals surface area (Å²) >= 11 is 0. The normalized spacial score (nSPS) is 10.5. The van der Waals surface area contributed by atoms with E-state index in [9.17, 15) is 14.4 Å². The van der Waals surface area contributed by atoms with E-state index in [2.05, 4.69) is 5.32 Å². The van der Waals surface area contributed by atoms with Crippen molar-refractivity contribution >= 4 is 34.0 Å². The van der Waals surface area contributed by atoms with E-state index in [1.807, 2.05) is 0 Å². The molecule has 0 spiro atoms. The fourth-order valence-electron chi connectivity index (χ4n) is 2.51. The van der Waals surface area contributed by atoms with Gasteiger partial charge in [-0.1, -0.05) is 0 Å². The lowest BCUT2D eigenvalue weighted by Crippen LogP contribution is -2.17. The molecule has 1 aromatic heterocycles. The van der Waals surface area contributed by atoms with Crippen LogP contribution in [0, 0.1) is 0 Å². The van der Waals surface area contributed by atoms with Gasteiger partial charge in [0.25, 0.3) is 0 Å². The molecule has 132 valence electrons. The van der Waals surface area contributed by atoms with Crippen LogP contribution in [0.5, 0.6) is 5.75 Å². The Bertz CT molecular complexity index is 1040. The Morgan fingerprint density at radius 2 is 1.85 bits per heavy atom. The molecular formula is C19H16N2O5. The van der Waals surface area contributed by atoms with E-state index >= 15 is 0 Å². The van der Waals surface area contributed by atoms with Gasteiger partial charge in [-0.25, -0.2) is 4.79 Å². The van der Waals surface area contributed by atoms with Crippen molar-refractivity contribution in [3.63, 3.8) is 0 Å². The Balaban J connectivity index is 1.84. The number of benzene rings is 2. The second-order valence-electron chi connectivity index (χ2n) is 5.61. The van der Waals surface area contributed by atoms with Crippen molar-refractivity contribution in [1.82, 2.24) is 0 Å². The van der Waals surface area contributed by atoms with Crippen molar-refractivity contribution in [2.24, 2.45) is 0 Å². The minimum absolute atomic E-state index is 0.131. The number of nitrogen functional groups attached to an aromatic ring is 1. The van der Waals surface area contributed by atoms with Crippen molar-refractivity contribution < 1.29 is 18.7 Å². The first-order valence-corrected chi connectivity index (χ1v) is 7.77. The van der Waals surface area contributed by atoms with Crippen molar-refractivity contribution in [2.45, 2.75) is 6.42 Å². The van der Waals surface area contributed by atoms with Crippen molar-refractivity contribution in [2.75, 3.05) is 18.2 Å². The number of hydrogen-bond donors (Lipinski definition) is 2. The molecule has 0 radical (unpaired) electrons. The molecule has 0 aliphatic carbocycles. The molecular weight excluding hydrogens is 336 g/mol. The van der Waals surface area contributed by atoms with Gasteiger partial charge in [0.15, 0.2) is 5.78 Å². The summed E-state index contributed by atoms with van der Waals surface area (Å²) < 4.78 is 10.2. The van der Waals surface area contributed by atoms with E-state index in [4.69, 9.17) is 14.9 Å². The van der Waals surface area contributed by atoms with Crippen molar-refractivity contribution in [3.8, 4) is 5.75 Å². The van der Waals surface area contributed by atoms with Gasteiger partial charge in [-0.05, 0) is 36.4 Å². The maximum absolute atomic E-state index is 12.5. The highest BCUT2D eigenvalue weighted by Gasteiger charge is 2.17. The summed E-state index contributed by atoms with van der Waals surface area (Å²) in [6.07, 6.45) is -0.408. The second kappa shape index (κ2) is 7.10. The van der Waals surface area contributed by atoms with Gasteiger partial charge >= 0.3 is 5.63 Å². The van der Waals surface area contributed by atoms with E-state index < -0.39 is 23.7 Å². The lowest BCUT2D eigenvalue weighted by atomic mass is 10.0. The van der Waals surface area contributed by atoms with E-state index in [-0.39, 0.29) is 11.1 Å². The number of fused-ring (bicyclic) bond motifs is 1. The van der Waals surface area contributed by atoms with Gasteiger partial charge in [0, 0.05) is 34.5 Å². The number of carbonyl (C=O) groups excluding carboxylic acids is 2. The van der Waals surface area contributed by atoms with Gasteiger partial charge < -0.3 is 20.2 Å². The molecule has 0 atom stereocenters. The highest BCUT2D eigenvalue weighted by molar-refractivity contribution is 6.15. The third kappa shape index (κ3) is 3.72. The number of nitrogens with one attached hydrogen (secondary N) is 1. The van der Waals surface area contributed by atoms with Crippen LogP contribution in [-0.4, -0.2) is 18.8 Å². The summed E-state index contributed by atoms with van der Waals surface area (Å²) in [5.41, 5.74) is 6.36. The van der Waals surface area contributed by atoms with Crippen molar-refractivity contribution in [1.29, 1.82) is 0 Å². The van der Waals surface area contributed by atoms with E-state index in [1.165, 1.54) is 13.2 Å². The minimum atomic E-state index is -0.673. The van der Waals surface area contributed by atoms with E-state index in [0.717, 1.165) is 6.07 Å². The number of nitrogens with two attached hydrogens (primary N) is 1. The van der Waals surface area contributed by atoms with Gasteiger partial charge in [-0.3, -0.25) is 9.59 Å². The molecule has 26 heavy (non-hydrogen) atoms. The number of hydrogen-bond acceptors (Lipinski definition) is 6.